The van der Waals surface area contributed by atoms with Crippen molar-refractivity contribution in [3.8, 4) is 0 Å². The van der Waals surface area contributed by atoms with Gasteiger partial charge in [-0.1, -0.05) is 18.5 Å². The van der Waals surface area contributed by atoms with E-state index in [1.165, 1.54) is 25.1 Å². The number of carbonyl (C=O) groups excluding carboxylic acids is 2. The van der Waals surface area contributed by atoms with Crippen molar-refractivity contribution >= 4 is 33.3 Å². The molecule has 22 heavy (non-hydrogen) atoms. The van der Waals surface area contributed by atoms with Gasteiger partial charge in [-0.25, -0.2) is 8.42 Å². The number of sulfone groups is 1. The van der Waals surface area contributed by atoms with Crippen LogP contribution in [0.2, 0.25) is 5.02 Å². The van der Waals surface area contributed by atoms with Crippen LogP contribution in [0.3, 0.4) is 0 Å². The Morgan fingerprint density at radius 3 is 2.45 bits per heavy atom. The summed E-state index contributed by atoms with van der Waals surface area (Å²) in [5, 5.41) is 5.16. The summed E-state index contributed by atoms with van der Waals surface area (Å²) in [4.78, 5) is 23.6. The van der Waals surface area contributed by atoms with E-state index in [1.54, 1.807) is 13.8 Å². The predicted molar refractivity (Wildman–Crippen MR) is 84.8 cm³/mol. The van der Waals surface area contributed by atoms with E-state index < -0.39 is 15.7 Å². The molecule has 0 saturated carbocycles. The topological polar surface area (TPSA) is 92.3 Å². The molecule has 6 nitrogen and oxygen atoms in total. The van der Waals surface area contributed by atoms with Crippen LogP contribution in [0, 0.1) is 0 Å². The van der Waals surface area contributed by atoms with Crippen molar-refractivity contribution in [3.05, 3.63) is 28.8 Å². The second-order valence-electron chi connectivity index (χ2n) is 4.95. The van der Waals surface area contributed by atoms with E-state index in [0.29, 0.717) is 0 Å². The normalized spacial score (nSPS) is 11.3. The van der Waals surface area contributed by atoms with Gasteiger partial charge in [0.05, 0.1) is 27.8 Å². The van der Waals surface area contributed by atoms with Gasteiger partial charge in [0, 0.05) is 6.04 Å². The molecule has 0 spiro atoms. The molecular weight excluding hydrogens is 328 g/mol. The summed E-state index contributed by atoms with van der Waals surface area (Å²) in [6, 6.07) is 3.89. The molecule has 0 aliphatic carbocycles. The molecule has 0 bridgehead atoms. The molecule has 122 valence electrons. The van der Waals surface area contributed by atoms with E-state index in [4.69, 9.17) is 11.6 Å². The summed E-state index contributed by atoms with van der Waals surface area (Å²) in [5.41, 5.74) is 0.0218. The van der Waals surface area contributed by atoms with E-state index in [2.05, 4.69) is 10.6 Å². The van der Waals surface area contributed by atoms with Crippen LogP contribution >= 0.6 is 11.6 Å². The number of hydrogen-bond donors (Lipinski definition) is 2. The number of nitrogens with one attached hydrogen (secondary N) is 2. The van der Waals surface area contributed by atoms with Gasteiger partial charge >= 0.3 is 0 Å². The Morgan fingerprint density at radius 2 is 1.91 bits per heavy atom. The average Bonchev–Trinajstić information content (AvgIpc) is 2.44. The van der Waals surface area contributed by atoms with Gasteiger partial charge in [-0.15, -0.1) is 0 Å². The third-order valence-electron chi connectivity index (χ3n) is 2.78. The minimum atomic E-state index is -3.44. The molecule has 0 radical (unpaired) electrons. The molecule has 0 fully saturated rings. The van der Waals surface area contributed by atoms with E-state index in [0.717, 1.165) is 0 Å². The monoisotopic (exact) mass is 346 g/mol. The highest BCUT2D eigenvalue weighted by Crippen LogP contribution is 2.21. The minimum Gasteiger partial charge on any atom is -0.352 e. The largest absolute Gasteiger partial charge is 0.352 e. The van der Waals surface area contributed by atoms with Crippen LogP contribution in [0.4, 0.5) is 0 Å². The van der Waals surface area contributed by atoms with Gasteiger partial charge in [0.1, 0.15) is 0 Å². The van der Waals surface area contributed by atoms with Crippen molar-refractivity contribution in [1.29, 1.82) is 0 Å². The number of benzene rings is 1. The molecule has 0 aromatic heterocycles. The first-order chi connectivity index (χ1) is 10.2. The van der Waals surface area contributed by atoms with Crippen LogP contribution < -0.4 is 10.6 Å². The fourth-order valence-corrected chi connectivity index (χ4v) is 2.78. The molecule has 0 saturated heterocycles. The summed E-state index contributed by atoms with van der Waals surface area (Å²) in [6.45, 7) is 4.91. The third kappa shape index (κ3) is 4.99. The lowest BCUT2D eigenvalue weighted by atomic mass is 10.2. The fourth-order valence-electron chi connectivity index (χ4n) is 1.67. The van der Waals surface area contributed by atoms with Crippen LogP contribution in [0.15, 0.2) is 23.1 Å². The van der Waals surface area contributed by atoms with E-state index in [-0.39, 0.29) is 39.7 Å². The van der Waals surface area contributed by atoms with Crippen LogP contribution in [0.25, 0.3) is 0 Å². The zero-order chi connectivity index (χ0) is 16.9. The number of rotatable bonds is 6. The molecule has 0 aliphatic rings. The minimum absolute atomic E-state index is 0.0218. The maximum Gasteiger partial charge on any atom is 0.253 e. The Morgan fingerprint density at radius 1 is 1.27 bits per heavy atom. The van der Waals surface area contributed by atoms with Gasteiger partial charge in [-0.05, 0) is 32.0 Å². The standard InChI is InChI=1S/C14H19ClN2O4S/c1-4-22(20,21)10-5-6-12(15)11(7-10)14(19)16-8-13(18)17-9(2)3/h5-7,9H,4,8H2,1-3H3,(H,16,19)(H,17,18). The smallest absolute Gasteiger partial charge is 0.253 e. The van der Waals surface area contributed by atoms with Gasteiger partial charge in [-0.3, -0.25) is 9.59 Å². The van der Waals surface area contributed by atoms with Crippen molar-refractivity contribution in [3.63, 3.8) is 0 Å². The molecule has 0 unspecified atom stereocenters. The fraction of sp³-hybridized carbons (Fsp3) is 0.429. The molecule has 1 rings (SSSR count). The van der Waals surface area contributed by atoms with E-state index in [1.807, 2.05) is 0 Å². The molecule has 1 aromatic carbocycles. The number of carbonyl (C=O) groups is 2. The molecule has 8 heteroatoms. The summed E-state index contributed by atoms with van der Waals surface area (Å²) in [6.07, 6.45) is 0. The number of amides is 2. The lowest BCUT2D eigenvalue weighted by Gasteiger charge is -2.11. The highest BCUT2D eigenvalue weighted by molar-refractivity contribution is 7.91. The molecule has 2 amide bonds. The lowest BCUT2D eigenvalue weighted by Crippen LogP contribution is -2.39. The quantitative estimate of drug-likeness (QED) is 0.814. The van der Waals surface area contributed by atoms with Gasteiger partial charge in [0.15, 0.2) is 9.84 Å². The van der Waals surface area contributed by atoms with E-state index >= 15 is 0 Å². The SMILES string of the molecule is CCS(=O)(=O)c1ccc(Cl)c(C(=O)NCC(=O)NC(C)C)c1. The van der Waals surface area contributed by atoms with Crippen molar-refractivity contribution in [2.45, 2.75) is 31.7 Å². The number of hydrogen-bond acceptors (Lipinski definition) is 4. The average molecular weight is 347 g/mol. The molecule has 0 aliphatic heterocycles. The van der Waals surface area contributed by atoms with Crippen molar-refractivity contribution < 1.29 is 18.0 Å². The first-order valence-electron chi connectivity index (χ1n) is 6.77. The highest BCUT2D eigenvalue weighted by Gasteiger charge is 2.18. The van der Waals surface area contributed by atoms with Crippen LogP contribution in [-0.2, 0) is 14.6 Å². The Kier molecular flexibility index (Phi) is 6.37. The highest BCUT2D eigenvalue weighted by atomic mass is 35.5. The molecule has 1 aromatic rings. The summed E-state index contributed by atoms with van der Waals surface area (Å²) >= 11 is 5.93. The molecule has 2 N–H and O–H groups in total. The Hall–Kier alpha value is -1.60. The summed E-state index contributed by atoms with van der Waals surface area (Å²) in [7, 11) is -3.44. The van der Waals surface area contributed by atoms with Crippen LogP contribution in [-0.4, -0.2) is 38.6 Å². The van der Waals surface area contributed by atoms with Gasteiger partial charge in [0.25, 0.3) is 5.91 Å². The Balaban J connectivity index is 2.90. The second kappa shape index (κ2) is 7.60. The van der Waals surface area contributed by atoms with Gasteiger partial charge < -0.3 is 10.6 Å². The Labute approximate surface area is 135 Å². The summed E-state index contributed by atoms with van der Waals surface area (Å²) in [5.74, 6) is -1.01. The molecular formula is C14H19ClN2O4S. The van der Waals surface area contributed by atoms with E-state index in [9.17, 15) is 18.0 Å². The first kappa shape index (κ1) is 18.4. The van der Waals surface area contributed by atoms with Gasteiger partial charge in [-0.2, -0.15) is 0 Å². The maximum absolute atomic E-state index is 12.1. The molecule has 0 heterocycles. The second-order valence-corrected chi connectivity index (χ2v) is 7.64. The van der Waals surface area contributed by atoms with Crippen molar-refractivity contribution in [2.75, 3.05) is 12.3 Å². The van der Waals surface area contributed by atoms with Crippen molar-refractivity contribution in [2.24, 2.45) is 0 Å². The third-order valence-corrected chi connectivity index (χ3v) is 4.84. The summed E-state index contributed by atoms with van der Waals surface area (Å²) < 4.78 is 23.7. The molecule has 0 atom stereocenters. The first-order valence-corrected chi connectivity index (χ1v) is 8.80. The zero-order valence-electron chi connectivity index (χ0n) is 12.6. The zero-order valence-corrected chi connectivity index (χ0v) is 14.2. The maximum atomic E-state index is 12.1. The van der Waals surface area contributed by atoms with Crippen molar-refractivity contribution in [1.82, 2.24) is 10.6 Å². The van der Waals surface area contributed by atoms with Crippen LogP contribution in [0.5, 0.6) is 0 Å². The van der Waals surface area contributed by atoms with Crippen LogP contribution in [0.1, 0.15) is 31.1 Å². The lowest BCUT2D eigenvalue weighted by molar-refractivity contribution is -0.120. The van der Waals surface area contributed by atoms with Gasteiger partial charge in [0.2, 0.25) is 5.91 Å². The Bertz CT molecular complexity index is 671. The predicted octanol–water partition coefficient (Wildman–Crippen LogP) is 1.39. The number of halogens is 1.